The first-order valence-electron chi connectivity index (χ1n) is 9.73. The minimum atomic E-state index is -0.499. The minimum absolute atomic E-state index is 0.00693. The fourth-order valence-corrected chi connectivity index (χ4v) is 3.95. The Labute approximate surface area is 182 Å². The number of hydrogen-bond acceptors (Lipinski definition) is 4. The van der Waals surface area contributed by atoms with E-state index in [0.717, 1.165) is 22.9 Å². The summed E-state index contributed by atoms with van der Waals surface area (Å²) in [6.07, 6.45) is 0. The van der Waals surface area contributed by atoms with Crippen molar-refractivity contribution in [3.63, 3.8) is 0 Å². The van der Waals surface area contributed by atoms with Crippen LogP contribution in [-0.2, 0) is 11.3 Å². The number of nitrogens with zero attached hydrogens (tertiary/aromatic N) is 2. The number of para-hydroxylation sites is 2. The van der Waals surface area contributed by atoms with Crippen LogP contribution in [0.2, 0.25) is 0 Å². The van der Waals surface area contributed by atoms with Gasteiger partial charge in [0.05, 0.1) is 28.9 Å². The molecule has 4 rings (SSSR count). The Bertz CT molecular complexity index is 1300. The number of carbonyl (C=O) groups excluding carboxylic acids is 1. The summed E-state index contributed by atoms with van der Waals surface area (Å²) in [5, 5.41) is 3.52. The predicted molar refractivity (Wildman–Crippen MR) is 122 cm³/mol. The fourth-order valence-electron chi connectivity index (χ4n) is 3.15. The highest BCUT2D eigenvalue weighted by molar-refractivity contribution is 7.99. The lowest BCUT2D eigenvalue weighted by atomic mass is 10.1. The van der Waals surface area contributed by atoms with Crippen LogP contribution in [0.25, 0.3) is 10.9 Å². The lowest BCUT2D eigenvalue weighted by Gasteiger charge is -2.13. The quantitative estimate of drug-likeness (QED) is 0.356. The van der Waals surface area contributed by atoms with Crippen molar-refractivity contribution in [2.45, 2.75) is 18.6 Å². The number of thioether (sulfide) groups is 1. The van der Waals surface area contributed by atoms with Crippen LogP contribution in [0.1, 0.15) is 11.1 Å². The molecular weight excluding hydrogens is 413 g/mol. The summed E-state index contributed by atoms with van der Waals surface area (Å²) in [6.45, 7) is 2.34. The van der Waals surface area contributed by atoms with E-state index in [2.05, 4.69) is 10.3 Å². The lowest BCUT2D eigenvalue weighted by Crippen LogP contribution is -2.25. The highest BCUT2D eigenvalue weighted by Crippen LogP contribution is 2.20. The summed E-state index contributed by atoms with van der Waals surface area (Å²) < 4.78 is 15.4. The third kappa shape index (κ3) is 4.83. The summed E-state index contributed by atoms with van der Waals surface area (Å²) >= 11 is 1.15. The summed E-state index contributed by atoms with van der Waals surface area (Å²) in [4.78, 5) is 30.2. The number of nitrogens with one attached hydrogen (secondary N) is 1. The van der Waals surface area contributed by atoms with Crippen molar-refractivity contribution in [2.75, 3.05) is 11.1 Å². The highest BCUT2D eigenvalue weighted by atomic mass is 32.2. The maximum absolute atomic E-state index is 13.8. The SMILES string of the molecule is Cc1ccc(Cn2c(SCC(=O)Nc3ccccc3F)nc3ccccc3c2=O)cc1. The molecule has 7 heteroatoms. The Kier molecular flexibility index (Phi) is 6.13. The molecule has 0 bridgehead atoms. The molecule has 156 valence electrons. The second kappa shape index (κ2) is 9.14. The van der Waals surface area contributed by atoms with E-state index in [1.807, 2.05) is 37.3 Å². The first kappa shape index (κ1) is 20.8. The minimum Gasteiger partial charge on any atom is -0.323 e. The molecule has 1 N–H and O–H groups in total. The highest BCUT2D eigenvalue weighted by Gasteiger charge is 2.14. The van der Waals surface area contributed by atoms with Gasteiger partial charge < -0.3 is 5.32 Å². The summed E-state index contributed by atoms with van der Waals surface area (Å²) in [5.74, 6) is -0.882. The van der Waals surface area contributed by atoms with Crippen LogP contribution >= 0.6 is 11.8 Å². The van der Waals surface area contributed by atoms with Crippen molar-refractivity contribution in [3.8, 4) is 0 Å². The third-order valence-electron chi connectivity index (χ3n) is 4.77. The van der Waals surface area contributed by atoms with Gasteiger partial charge >= 0.3 is 0 Å². The van der Waals surface area contributed by atoms with E-state index in [4.69, 9.17) is 0 Å². The van der Waals surface area contributed by atoms with E-state index in [1.165, 1.54) is 12.1 Å². The second-order valence-electron chi connectivity index (χ2n) is 7.11. The van der Waals surface area contributed by atoms with Gasteiger partial charge in [-0.3, -0.25) is 14.2 Å². The predicted octanol–water partition coefficient (Wildman–Crippen LogP) is 4.62. The average Bonchev–Trinajstić information content (AvgIpc) is 2.77. The van der Waals surface area contributed by atoms with E-state index < -0.39 is 5.82 Å². The van der Waals surface area contributed by atoms with E-state index >= 15 is 0 Å². The topological polar surface area (TPSA) is 64.0 Å². The van der Waals surface area contributed by atoms with Crippen molar-refractivity contribution in [1.29, 1.82) is 0 Å². The number of aromatic nitrogens is 2. The largest absolute Gasteiger partial charge is 0.323 e. The van der Waals surface area contributed by atoms with Crippen LogP contribution in [0.3, 0.4) is 0 Å². The fraction of sp³-hybridized carbons (Fsp3) is 0.125. The van der Waals surface area contributed by atoms with Gasteiger partial charge in [0, 0.05) is 0 Å². The average molecular weight is 434 g/mol. The normalized spacial score (nSPS) is 10.9. The molecule has 0 spiro atoms. The molecule has 5 nitrogen and oxygen atoms in total. The molecule has 1 heterocycles. The second-order valence-corrected chi connectivity index (χ2v) is 8.05. The van der Waals surface area contributed by atoms with Crippen LogP contribution in [0.15, 0.2) is 82.7 Å². The van der Waals surface area contributed by atoms with Crippen LogP contribution in [0, 0.1) is 12.7 Å². The molecule has 4 aromatic rings. The molecule has 0 aliphatic carbocycles. The smallest absolute Gasteiger partial charge is 0.262 e. The van der Waals surface area contributed by atoms with E-state index in [9.17, 15) is 14.0 Å². The number of benzene rings is 3. The molecular formula is C24H20FN3O2S. The molecule has 1 amide bonds. The molecule has 0 aliphatic rings. The number of rotatable bonds is 6. The molecule has 1 aromatic heterocycles. The van der Waals surface area contributed by atoms with Gasteiger partial charge in [0.15, 0.2) is 5.16 Å². The zero-order valence-electron chi connectivity index (χ0n) is 16.8. The zero-order chi connectivity index (χ0) is 21.8. The number of halogens is 1. The van der Waals surface area contributed by atoms with Crippen molar-refractivity contribution in [2.24, 2.45) is 0 Å². The molecule has 0 saturated carbocycles. The summed E-state index contributed by atoms with van der Waals surface area (Å²) in [6, 6.07) is 21.0. The Hall–Kier alpha value is -3.45. The number of anilines is 1. The Morgan fingerprint density at radius 1 is 1.03 bits per heavy atom. The van der Waals surface area contributed by atoms with Gasteiger partial charge in [-0.15, -0.1) is 0 Å². The van der Waals surface area contributed by atoms with Crippen LogP contribution in [0.5, 0.6) is 0 Å². The van der Waals surface area contributed by atoms with Crippen LogP contribution < -0.4 is 10.9 Å². The first-order valence-corrected chi connectivity index (χ1v) is 10.7. The van der Waals surface area contributed by atoms with Gasteiger partial charge in [0.1, 0.15) is 5.82 Å². The molecule has 0 atom stereocenters. The summed E-state index contributed by atoms with van der Waals surface area (Å²) in [7, 11) is 0. The van der Waals surface area contributed by atoms with E-state index in [-0.39, 0.29) is 22.9 Å². The van der Waals surface area contributed by atoms with Crippen molar-refractivity contribution in [3.05, 3.63) is 100 Å². The Morgan fingerprint density at radius 3 is 2.52 bits per heavy atom. The van der Waals surface area contributed by atoms with Crippen molar-refractivity contribution >= 4 is 34.3 Å². The van der Waals surface area contributed by atoms with Gasteiger partial charge in [-0.1, -0.05) is 65.9 Å². The Balaban J connectivity index is 1.62. The van der Waals surface area contributed by atoms with Gasteiger partial charge in [0.2, 0.25) is 5.91 Å². The standard InChI is InChI=1S/C24H20FN3O2S/c1-16-10-12-17(13-11-16)14-28-23(30)18-6-2-4-8-20(18)27-24(28)31-15-22(29)26-21-9-5-3-7-19(21)25/h2-13H,14-15H2,1H3,(H,26,29). The van der Waals surface area contributed by atoms with Crippen LogP contribution in [0.4, 0.5) is 10.1 Å². The van der Waals surface area contributed by atoms with Crippen LogP contribution in [-0.4, -0.2) is 21.2 Å². The molecule has 3 aromatic carbocycles. The first-order chi connectivity index (χ1) is 15.0. The van der Waals surface area contributed by atoms with Gasteiger partial charge in [-0.2, -0.15) is 0 Å². The van der Waals surface area contributed by atoms with E-state index in [1.54, 1.807) is 34.9 Å². The zero-order valence-corrected chi connectivity index (χ0v) is 17.7. The maximum atomic E-state index is 13.8. The molecule has 0 unspecified atom stereocenters. The number of carbonyl (C=O) groups is 1. The third-order valence-corrected chi connectivity index (χ3v) is 5.74. The lowest BCUT2D eigenvalue weighted by molar-refractivity contribution is -0.113. The molecule has 0 saturated heterocycles. The van der Waals surface area contributed by atoms with E-state index in [0.29, 0.717) is 22.6 Å². The number of hydrogen-bond donors (Lipinski definition) is 1. The summed E-state index contributed by atoms with van der Waals surface area (Å²) in [5.41, 5.74) is 2.62. The van der Waals surface area contributed by atoms with Gasteiger partial charge in [0.25, 0.3) is 5.56 Å². The van der Waals surface area contributed by atoms with Gasteiger partial charge in [-0.05, 0) is 36.8 Å². The maximum Gasteiger partial charge on any atom is 0.262 e. The number of aryl methyl sites for hydroxylation is 1. The monoisotopic (exact) mass is 433 g/mol. The van der Waals surface area contributed by atoms with Crippen molar-refractivity contribution in [1.82, 2.24) is 9.55 Å². The number of amides is 1. The molecule has 0 fully saturated rings. The van der Waals surface area contributed by atoms with Crippen molar-refractivity contribution < 1.29 is 9.18 Å². The number of fused-ring (bicyclic) bond motifs is 1. The van der Waals surface area contributed by atoms with Gasteiger partial charge in [-0.25, -0.2) is 9.37 Å². The molecule has 31 heavy (non-hydrogen) atoms. The molecule has 0 radical (unpaired) electrons. The Morgan fingerprint density at radius 2 is 1.74 bits per heavy atom. The molecule has 0 aliphatic heterocycles.